The summed E-state index contributed by atoms with van der Waals surface area (Å²) >= 11 is 0. The normalized spacial score (nSPS) is 14.2. The number of hydrogen-bond donors (Lipinski definition) is 0. The first-order valence-electron chi connectivity index (χ1n) is 22.7. The van der Waals surface area contributed by atoms with Crippen LogP contribution in [0.25, 0.3) is 73.2 Å². The molecule has 0 fully saturated rings. The van der Waals surface area contributed by atoms with Gasteiger partial charge in [0.2, 0.25) is 0 Å². The molecule has 12 rings (SSSR count). The van der Waals surface area contributed by atoms with E-state index in [2.05, 4.69) is 221 Å². The molecule has 0 bridgehead atoms. The van der Waals surface area contributed by atoms with E-state index in [4.69, 9.17) is 4.42 Å². The Kier molecular flexibility index (Phi) is 8.76. The Morgan fingerprint density at radius 3 is 1.71 bits per heavy atom. The second kappa shape index (κ2) is 14.7. The average Bonchev–Trinajstić information content (AvgIpc) is 4.06. The number of benzene rings is 8. The second-order valence-electron chi connectivity index (χ2n) is 18.1. The third-order valence-corrected chi connectivity index (χ3v) is 14.6. The molecule has 0 N–H and O–H groups in total. The molecule has 314 valence electrons. The van der Waals surface area contributed by atoms with E-state index in [1.54, 1.807) is 6.08 Å². The van der Waals surface area contributed by atoms with Crippen LogP contribution in [-0.2, 0) is 10.8 Å². The first-order chi connectivity index (χ1) is 32.4. The first kappa shape index (κ1) is 39.4. The van der Waals surface area contributed by atoms with Crippen molar-refractivity contribution in [2.75, 3.05) is 4.90 Å². The van der Waals surface area contributed by atoms with Crippen LogP contribution in [0.3, 0.4) is 0 Å². The van der Waals surface area contributed by atoms with Crippen LogP contribution in [0.4, 0.5) is 17.1 Å². The molecule has 2 nitrogen and oxygen atoms in total. The van der Waals surface area contributed by atoms with Gasteiger partial charge in [-0.2, -0.15) is 0 Å². The maximum atomic E-state index is 6.46. The van der Waals surface area contributed by atoms with Gasteiger partial charge in [-0.15, -0.1) is 0 Å². The van der Waals surface area contributed by atoms with Gasteiger partial charge >= 0.3 is 0 Å². The van der Waals surface area contributed by atoms with E-state index in [0.717, 1.165) is 61.6 Å². The van der Waals surface area contributed by atoms with E-state index in [1.807, 2.05) is 18.2 Å². The average molecular weight is 846 g/mol. The molecule has 9 aromatic rings. The summed E-state index contributed by atoms with van der Waals surface area (Å²) < 4.78 is 6.46. The standard InChI is InChI=1S/C64H47NO/c1-7-21-40(8-2)44-38-39-57(60-49-24-13-15-28-51(49)63(5,6)61(44)60)65(42-36-34-41(35-37-42)45-26-19-27-48-43(9-3)58(10-4)66-62(45)48)56-33-20-32-55-59(56)50-25-14-18-31-54(50)64(55)52-29-16-11-22-46(52)47-23-12-17-30-53(47)64/h7-39H,1-4H2,5-6H3/b40-21+. The van der Waals surface area contributed by atoms with Crippen LogP contribution in [0.2, 0.25) is 0 Å². The molecule has 0 radical (unpaired) electrons. The smallest absolute Gasteiger partial charge is 0.143 e. The molecule has 1 spiro atoms. The van der Waals surface area contributed by atoms with Crippen LogP contribution in [-0.4, -0.2) is 0 Å². The summed E-state index contributed by atoms with van der Waals surface area (Å²) in [4.78, 5) is 2.52. The van der Waals surface area contributed by atoms with E-state index in [1.165, 1.54) is 66.8 Å². The Balaban J connectivity index is 1.17. The maximum absolute atomic E-state index is 6.46. The molecular formula is C64H47NO. The minimum atomic E-state index is -0.490. The number of fused-ring (bicyclic) bond motifs is 14. The number of para-hydroxylation sites is 1. The molecule has 66 heavy (non-hydrogen) atoms. The maximum Gasteiger partial charge on any atom is 0.143 e. The van der Waals surface area contributed by atoms with Crippen LogP contribution >= 0.6 is 0 Å². The van der Waals surface area contributed by atoms with Gasteiger partial charge in [-0.05, 0) is 103 Å². The molecule has 0 aliphatic heterocycles. The van der Waals surface area contributed by atoms with Gasteiger partial charge in [-0.1, -0.05) is 210 Å². The Morgan fingerprint density at radius 1 is 0.515 bits per heavy atom. The van der Waals surface area contributed by atoms with Gasteiger partial charge in [0.15, 0.2) is 0 Å². The third kappa shape index (κ3) is 5.18. The van der Waals surface area contributed by atoms with Crippen LogP contribution in [0.1, 0.15) is 64.1 Å². The summed E-state index contributed by atoms with van der Waals surface area (Å²) in [5.41, 5.74) is 23.9. The third-order valence-electron chi connectivity index (χ3n) is 14.6. The van der Waals surface area contributed by atoms with Crippen LogP contribution in [0.5, 0.6) is 0 Å². The molecule has 0 atom stereocenters. The lowest BCUT2D eigenvalue weighted by molar-refractivity contribution is 0.604. The highest BCUT2D eigenvalue weighted by molar-refractivity contribution is 6.05. The van der Waals surface area contributed by atoms with Crippen molar-refractivity contribution in [2.24, 2.45) is 0 Å². The molecule has 8 aromatic carbocycles. The predicted molar refractivity (Wildman–Crippen MR) is 279 cm³/mol. The topological polar surface area (TPSA) is 16.4 Å². The quantitative estimate of drug-likeness (QED) is 0.135. The minimum Gasteiger partial charge on any atom is -0.455 e. The molecule has 0 saturated heterocycles. The minimum absolute atomic E-state index is 0.307. The lowest BCUT2D eigenvalue weighted by Gasteiger charge is -2.33. The Labute approximate surface area is 387 Å². The summed E-state index contributed by atoms with van der Waals surface area (Å²) in [6.45, 7) is 21.2. The molecule has 0 saturated carbocycles. The number of rotatable bonds is 9. The fraction of sp³-hybridized carbons (Fsp3) is 0.0625. The first-order valence-corrected chi connectivity index (χ1v) is 22.7. The molecule has 1 heterocycles. The van der Waals surface area contributed by atoms with Gasteiger partial charge in [-0.3, -0.25) is 0 Å². The van der Waals surface area contributed by atoms with Gasteiger partial charge in [0.05, 0.1) is 16.8 Å². The van der Waals surface area contributed by atoms with Crippen molar-refractivity contribution >= 4 is 45.8 Å². The fourth-order valence-electron chi connectivity index (χ4n) is 12.0. The number of hydrogen-bond acceptors (Lipinski definition) is 2. The van der Waals surface area contributed by atoms with E-state index >= 15 is 0 Å². The fourth-order valence-corrected chi connectivity index (χ4v) is 12.0. The molecule has 0 amide bonds. The highest BCUT2D eigenvalue weighted by Gasteiger charge is 2.52. The van der Waals surface area contributed by atoms with Crippen molar-refractivity contribution < 1.29 is 4.42 Å². The number of furan rings is 1. The van der Waals surface area contributed by atoms with Gasteiger partial charge < -0.3 is 9.32 Å². The Bertz CT molecular complexity index is 3540. The monoisotopic (exact) mass is 845 g/mol. The molecule has 3 aliphatic rings. The van der Waals surface area contributed by atoms with Crippen molar-refractivity contribution in [2.45, 2.75) is 24.7 Å². The SMILES string of the molecule is C=C/C=C(\C=C)c1ccc(N(c2ccc(-c3cccc4c(C=C)c(C=C)oc34)cc2)c2cccc3c2-c2ccccc2C32c3ccccc3-c3ccccc32)c2c1C(C)(C)c1ccccc1-2. The van der Waals surface area contributed by atoms with Crippen molar-refractivity contribution in [1.82, 2.24) is 0 Å². The van der Waals surface area contributed by atoms with Crippen molar-refractivity contribution in [1.29, 1.82) is 0 Å². The van der Waals surface area contributed by atoms with Crippen LogP contribution < -0.4 is 4.90 Å². The van der Waals surface area contributed by atoms with E-state index in [-0.39, 0.29) is 5.41 Å². The van der Waals surface area contributed by atoms with Crippen LogP contribution in [0.15, 0.2) is 219 Å². The Hall–Kier alpha value is -8.20. The molecule has 0 unspecified atom stereocenters. The summed E-state index contributed by atoms with van der Waals surface area (Å²) in [5.74, 6) is 0.724. The molecule has 2 heteroatoms. The number of allylic oxidation sites excluding steroid dienone is 4. The van der Waals surface area contributed by atoms with Crippen molar-refractivity contribution in [3.8, 4) is 44.5 Å². The Morgan fingerprint density at radius 2 is 1.08 bits per heavy atom. The van der Waals surface area contributed by atoms with E-state index in [9.17, 15) is 0 Å². The van der Waals surface area contributed by atoms with Gasteiger partial charge in [0, 0.05) is 38.7 Å². The summed E-state index contributed by atoms with van der Waals surface area (Å²) in [5, 5.41) is 1.02. The zero-order valence-electron chi connectivity index (χ0n) is 37.2. The highest BCUT2D eigenvalue weighted by atomic mass is 16.3. The summed E-state index contributed by atoms with van der Waals surface area (Å²) in [6.07, 6.45) is 9.51. The zero-order chi connectivity index (χ0) is 44.9. The predicted octanol–water partition coefficient (Wildman–Crippen LogP) is 17.3. The lowest BCUT2D eigenvalue weighted by Crippen LogP contribution is -2.26. The van der Waals surface area contributed by atoms with Gasteiger partial charge in [-0.25, -0.2) is 0 Å². The van der Waals surface area contributed by atoms with Crippen LogP contribution in [0, 0.1) is 0 Å². The van der Waals surface area contributed by atoms with E-state index < -0.39 is 5.41 Å². The molecule has 1 aromatic heterocycles. The van der Waals surface area contributed by atoms with E-state index in [0.29, 0.717) is 0 Å². The second-order valence-corrected chi connectivity index (χ2v) is 18.1. The van der Waals surface area contributed by atoms with Gasteiger partial charge in [0.25, 0.3) is 0 Å². The van der Waals surface area contributed by atoms with Crippen molar-refractivity contribution in [3.63, 3.8) is 0 Å². The largest absolute Gasteiger partial charge is 0.455 e. The highest BCUT2D eigenvalue weighted by Crippen LogP contribution is 2.65. The summed E-state index contributed by atoms with van der Waals surface area (Å²) in [7, 11) is 0. The number of nitrogens with zero attached hydrogens (tertiary/aromatic N) is 1. The van der Waals surface area contributed by atoms with Crippen molar-refractivity contribution in [3.05, 3.63) is 265 Å². The zero-order valence-corrected chi connectivity index (χ0v) is 37.2. The van der Waals surface area contributed by atoms with Gasteiger partial charge in [0.1, 0.15) is 11.3 Å². The summed E-state index contributed by atoms with van der Waals surface area (Å²) in [6, 6.07) is 63.0. The lowest BCUT2D eigenvalue weighted by atomic mass is 9.70. The number of anilines is 3. The molecule has 3 aliphatic carbocycles. The molecular weight excluding hydrogens is 799 g/mol.